The summed E-state index contributed by atoms with van der Waals surface area (Å²) in [6.45, 7) is 1.38. The minimum Gasteiger partial charge on any atom is -0.441 e. The fourth-order valence-corrected chi connectivity index (χ4v) is 4.10. The number of carbonyl (C=O) groups excluding carboxylic acids is 1. The molecule has 2 aromatic carbocycles. The zero-order chi connectivity index (χ0) is 18.0. The third kappa shape index (κ3) is 3.47. The summed E-state index contributed by atoms with van der Waals surface area (Å²) in [6, 6.07) is 16.2. The van der Waals surface area contributed by atoms with Gasteiger partial charge in [0.2, 0.25) is 0 Å². The van der Waals surface area contributed by atoms with Gasteiger partial charge in [-0.1, -0.05) is 55.0 Å². The smallest absolute Gasteiger partial charge is 0.410 e. The van der Waals surface area contributed by atoms with Crippen LogP contribution < -0.4 is 0 Å². The van der Waals surface area contributed by atoms with Crippen LogP contribution in [0, 0.1) is 0 Å². The molecule has 1 saturated heterocycles. The molecule has 4 nitrogen and oxygen atoms in total. The highest BCUT2D eigenvalue weighted by Crippen LogP contribution is 2.37. The molecule has 1 N–H and O–H groups in total. The van der Waals surface area contributed by atoms with Crippen LogP contribution in [-0.4, -0.2) is 28.2 Å². The second-order valence-electron chi connectivity index (χ2n) is 7.52. The molecule has 1 heterocycles. The van der Waals surface area contributed by atoms with E-state index in [1.807, 2.05) is 29.2 Å². The topological polar surface area (TPSA) is 49.8 Å². The van der Waals surface area contributed by atoms with Gasteiger partial charge in [0.05, 0.1) is 13.2 Å². The van der Waals surface area contributed by atoms with Crippen LogP contribution in [0.15, 0.2) is 48.5 Å². The van der Waals surface area contributed by atoms with E-state index in [1.165, 1.54) is 6.42 Å². The first-order valence-electron chi connectivity index (χ1n) is 9.45. The van der Waals surface area contributed by atoms with Crippen LogP contribution in [0.25, 0.3) is 11.1 Å². The van der Waals surface area contributed by atoms with Gasteiger partial charge in [0.15, 0.2) is 0 Å². The van der Waals surface area contributed by atoms with Crippen LogP contribution in [0.2, 0.25) is 0 Å². The first-order chi connectivity index (χ1) is 12.7. The van der Waals surface area contributed by atoms with E-state index in [2.05, 4.69) is 24.3 Å². The van der Waals surface area contributed by atoms with Crippen molar-refractivity contribution < 1.29 is 14.6 Å². The molecule has 0 bridgehead atoms. The zero-order valence-corrected chi connectivity index (χ0v) is 15.0. The third-order valence-electron chi connectivity index (χ3n) is 5.60. The van der Waals surface area contributed by atoms with Crippen LogP contribution in [0.3, 0.4) is 0 Å². The molecule has 4 rings (SSSR count). The van der Waals surface area contributed by atoms with Gasteiger partial charge in [0.25, 0.3) is 0 Å². The van der Waals surface area contributed by atoms with E-state index in [0.29, 0.717) is 6.54 Å². The molecule has 0 atom stereocenters. The summed E-state index contributed by atoms with van der Waals surface area (Å²) in [4.78, 5) is 14.1. The highest BCUT2D eigenvalue weighted by molar-refractivity contribution is 5.71. The summed E-state index contributed by atoms with van der Waals surface area (Å²) >= 11 is 0. The normalized spacial score (nSPS) is 19.0. The third-order valence-corrected chi connectivity index (χ3v) is 5.60. The van der Waals surface area contributed by atoms with Crippen molar-refractivity contribution in [1.29, 1.82) is 0 Å². The molecule has 2 aliphatic rings. The number of hydrogen-bond donors (Lipinski definition) is 1. The average molecular weight is 351 g/mol. The van der Waals surface area contributed by atoms with E-state index in [-0.39, 0.29) is 18.3 Å². The Morgan fingerprint density at radius 3 is 2.04 bits per heavy atom. The van der Waals surface area contributed by atoms with Crippen molar-refractivity contribution in [3.8, 4) is 11.1 Å². The molecule has 0 aromatic heterocycles. The number of amides is 1. The van der Waals surface area contributed by atoms with Gasteiger partial charge in [-0.15, -0.1) is 0 Å². The molecule has 1 aliphatic heterocycles. The van der Waals surface area contributed by atoms with Gasteiger partial charge in [0, 0.05) is 6.54 Å². The molecule has 1 spiro atoms. The van der Waals surface area contributed by atoms with Gasteiger partial charge in [0.1, 0.15) is 5.60 Å². The van der Waals surface area contributed by atoms with Crippen molar-refractivity contribution in [2.45, 2.75) is 50.9 Å². The van der Waals surface area contributed by atoms with Crippen molar-refractivity contribution in [3.63, 3.8) is 0 Å². The Bertz CT molecular complexity index is 761. The zero-order valence-electron chi connectivity index (χ0n) is 15.0. The summed E-state index contributed by atoms with van der Waals surface area (Å²) < 4.78 is 5.76. The SMILES string of the molecule is O=C1OC2(CCCCC2)CN1Cc1ccc(-c2ccc(CO)cc2)cc1. The number of benzene rings is 2. The number of nitrogens with zero attached hydrogens (tertiary/aromatic N) is 1. The summed E-state index contributed by atoms with van der Waals surface area (Å²) in [5.41, 5.74) is 4.05. The van der Waals surface area contributed by atoms with E-state index < -0.39 is 0 Å². The van der Waals surface area contributed by atoms with Gasteiger partial charge < -0.3 is 9.84 Å². The van der Waals surface area contributed by atoms with Crippen molar-refractivity contribution >= 4 is 6.09 Å². The number of aliphatic hydroxyl groups is 1. The van der Waals surface area contributed by atoms with Crippen LogP contribution in [-0.2, 0) is 17.9 Å². The van der Waals surface area contributed by atoms with E-state index in [0.717, 1.165) is 54.5 Å². The maximum absolute atomic E-state index is 12.3. The van der Waals surface area contributed by atoms with Gasteiger partial charge in [-0.2, -0.15) is 0 Å². The number of carbonyl (C=O) groups is 1. The monoisotopic (exact) mass is 351 g/mol. The lowest BCUT2D eigenvalue weighted by Gasteiger charge is -2.30. The van der Waals surface area contributed by atoms with Crippen LogP contribution >= 0.6 is 0 Å². The highest BCUT2D eigenvalue weighted by Gasteiger charge is 2.45. The predicted molar refractivity (Wildman–Crippen MR) is 101 cm³/mol. The second-order valence-corrected chi connectivity index (χ2v) is 7.52. The lowest BCUT2D eigenvalue weighted by molar-refractivity contribution is 0.0260. The lowest BCUT2D eigenvalue weighted by Crippen LogP contribution is -2.36. The molecule has 0 unspecified atom stereocenters. The molecule has 26 heavy (non-hydrogen) atoms. The van der Waals surface area contributed by atoms with E-state index in [9.17, 15) is 4.79 Å². The Kier molecular flexibility index (Phi) is 4.68. The van der Waals surface area contributed by atoms with Gasteiger partial charge >= 0.3 is 6.09 Å². The molecule has 2 aromatic rings. The Morgan fingerprint density at radius 2 is 1.46 bits per heavy atom. The van der Waals surface area contributed by atoms with Gasteiger partial charge in [-0.05, 0) is 47.9 Å². The number of rotatable bonds is 4. The molecule has 4 heteroatoms. The largest absolute Gasteiger partial charge is 0.441 e. The molecular weight excluding hydrogens is 326 g/mol. The van der Waals surface area contributed by atoms with Crippen molar-refractivity contribution in [1.82, 2.24) is 4.90 Å². The lowest BCUT2D eigenvalue weighted by atomic mass is 9.85. The van der Waals surface area contributed by atoms with Crippen molar-refractivity contribution in [2.75, 3.05) is 6.54 Å². The fourth-order valence-electron chi connectivity index (χ4n) is 4.10. The summed E-state index contributed by atoms with van der Waals surface area (Å²) in [5.74, 6) is 0. The summed E-state index contributed by atoms with van der Waals surface area (Å²) in [7, 11) is 0. The first kappa shape index (κ1) is 17.1. The van der Waals surface area contributed by atoms with Crippen LogP contribution in [0.4, 0.5) is 4.79 Å². The Labute approximate surface area is 154 Å². The Morgan fingerprint density at radius 1 is 0.885 bits per heavy atom. The highest BCUT2D eigenvalue weighted by atomic mass is 16.6. The van der Waals surface area contributed by atoms with E-state index >= 15 is 0 Å². The molecule has 0 radical (unpaired) electrons. The Balaban J connectivity index is 1.43. The number of aliphatic hydroxyl groups excluding tert-OH is 1. The standard InChI is InChI=1S/C22H25NO3/c24-15-18-6-10-20(11-7-18)19-8-4-17(5-9-19)14-23-16-22(26-21(23)25)12-2-1-3-13-22/h4-11,24H,1-3,12-16H2. The summed E-state index contributed by atoms with van der Waals surface area (Å²) in [6.07, 6.45) is 5.39. The number of hydrogen-bond acceptors (Lipinski definition) is 3. The quantitative estimate of drug-likeness (QED) is 0.882. The average Bonchev–Trinajstić information content (AvgIpc) is 2.97. The molecule has 2 fully saturated rings. The maximum atomic E-state index is 12.3. The van der Waals surface area contributed by atoms with Crippen LogP contribution in [0.1, 0.15) is 43.2 Å². The molecule has 136 valence electrons. The second kappa shape index (κ2) is 7.12. The minimum absolute atomic E-state index is 0.0621. The minimum atomic E-state index is -0.232. The first-order valence-corrected chi connectivity index (χ1v) is 9.45. The predicted octanol–water partition coefficient (Wildman–Crippen LogP) is 4.50. The maximum Gasteiger partial charge on any atom is 0.410 e. The summed E-state index contributed by atoms with van der Waals surface area (Å²) in [5, 5.41) is 9.14. The van der Waals surface area contributed by atoms with E-state index in [1.54, 1.807) is 0 Å². The van der Waals surface area contributed by atoms with Crippen molar-refractivity contribution in [2.24, 2.45) is 0 Å². The van der Waals surface area contributed by atoms with E-state index in [4.69, 9.17) is 9.84 Å². The Hall–Kier alpha value is -2.33. The van der Waals surface area contributed by atoms with Crippen molar-refractivity contribution in [3.05, 3.63) is 59.7 Å². The molecule has 1 amide bonds. The number of ether oxygens (including phenoxy) is 1. The van der Waals surface area contributed by atoms with Crippen LogP contribution in [0.5, 0.6) is 0 Å². The van der Waals surface area contributed by atoms with Gasteiger partial charge in [-0.25, -0.2) is 4.79 Å². The fraction of sp³-hybridized carbons (Fsp3) is 0.409. The molecule has 1 saturated carbocycles. The van der Waals surface area contributed by atoms with Gasteiger partial charge in [-0.3, -0.25) is 4.90 Å². The molecule has 1 aliphatic carbocycles. The molecular formula is C22H25NO3.